The molecule has 0 atom stereocenters. The summed E-state index contributed by atoms with van der Waals surface area (Å²) in [5.41, 5.74) is 0.579. The van der Waals surface area contributed by atoms with Gasteiger partial charge in [0, 0.05) is 12.3 Å². The second-order valence-electron chi connectivity index (χ2n) is 3.86. The summed E-state index contributed by atoms with van der Waals surface area (Å²) in [5.74, 6) is -0.690. The van der Waals surface area contributed by atoms with Crippen molar-refractivity contribution in [3.63, 3.8) is 0 Å². The summed E-state index contributed by atoms with van der Waals surface area (Å²) >= 11 is 0. The number of hydrogen-bond acceptors (Lipinski definition) is 4. The third kappa shape index (κ3) is 2.60. The highest BCUT2D eigenvalue weighted by molar-refractivity contribution is 7.89. The van der Waals surface area contributed by atoms with Crippen molar-refractivity contribution in [2.24, 2.45) is 0 Å². The maximum absolute atomic E-state index is 13.4. The maximum Gasteiger partial charge on any atom is 0.283 e. The van der Waals surface area contributed by atoms with Gasteiger partial charge in [-0.05, 0) is 32.0 Å². The molecular weight excluding hydrogens is 271 g/mol. The Morgan fingerprint density at radius 3 is 2.68 bits per heavy atom. The van der Waals surface area contributed by atoms with E-state index in [-0.39, 0.29) is 17.3 Å². The highest BCUT2D eigenvalue weighted by Gasteiger charge is 2.19. The van der Waals surface area contributed by atoms with E-state index >= 15 is 0 Å². The minimum atomic E-state index is -3.82. The summed E-state index contributed by atoms with van der Waals surface area (Å²) in [5, 5.41) is 3.85. The number of nitrogens with zero attached hydrogens (tertiary/aromatic N) is 2. The highest BCUT2D eigenvalue weighted by atomic mass is 32.2. The minimum absolute atomic E-state index is 0.0690. The van der Waals surface area contributed by atoms with Gasteiger partial charge in [0.2, 0.25) is 0 Å². The number of aryl methyl sites for hydroxylation is 1. The fourth-order valence-corrected chi connectivity index (χ4v) is 2.72. The van der Waals surface area contributed by atoms with E-state index in [1.165, 1.54) is 12.3 Å². The lowest BCUT2D eigenvalue weighted by Crippen LogP contribution is -2.14. The van der Waals surface area contributed by atoms with Gasteiger partial charge in [-0.2, -0.15) is 17.6 Å². The summed E-state index contributed by atoms with van der Waals surface area (Å²) in [4.78, 5) is -0.0690. The molecule has 0 aliphatic rings. The van der Waals surface area contributed by atoms with E-state index in [2.05, 4.69) is 5.10 Å². The zero-order valence-electron chi connectivity index (χ0n) is 10.5. The Kier molecular flexibility index (Phi) is 3.57. The molecular formula is C12H13FN2O3S. The van der Waals surface area contributed by atoms with E-state index < -0.39 is 15.8 Å². The molecule has 2 aromatic rings. The van der Waals surface area contributed by atoms with Gasteiger partial charge in [0.15, 0.2) is 11.6 Å². The van der Waals surface area contributed by atoms with Crippen LogP contribution in [0.15, 0.2) is 35.4 Å². The van der Waals surface area contributed by atoms with Crippen molar-refractivity contribution in [3.05, 3.63) is 42.0 Å². The van der Waals surface area contributed by atoms with Crippen molar-refractivity contribution in [2.45, 2.75) is 18.7 Å². The van der Waals surface area contributed by atoms with Crippen molar-refractivity contribution in [1.82, 2.24) is 9.19 Å². The van der Waals surface area contributed by atoms with Crippen molar-refractivity contribution in [1.29, 1.82) is 0 Å². The normalized spacial score (nSPS) is 11.5. The van der Waals surface area contributed by atoms with Crippen molar-refractivity contribution >= 4 is 10.0 Å². The predicted octanol–water partition coefficient (Wildman–Crippen LogP) is 1.97. The molecule has 5 nitrogen and oxygen atoms in total. The molecule has 1 heterocycles. The Hall–Kier alpha value is -1.89. The van der Waals surface area contributed by atoms with Gasteiger partial charge in [-0.1, -0.05) is 0 Å². The van der Waals surface area contributed by atoms with Crippen LogP contribution in [0.1, 0.15) is 12.6 Å². The molecule has 0 saturated carbocycles. The smallest absolute Gasteiger partial charge is 0.283 e. The maximum atomic E-state index is 13.4. The van der Waals surface area contributed by atoms with Crippen LogP contribution in [0, 0.1) is 12.7 Å². The fraction of sp³-hybridized carbons (Fsp3) is 0.250. The molecule has 0 saturated heterocycles. The van der Waals surface area contributed by atoms with Crippen LogP contribution in [-0.4, -0.2) is 24.2 Å². The van der Waals surface area contributed by atoms with Crippen LogP contribution in [0.25, 0.3) is 0 Å². The average Bonchev–Trinajstić information content (AvgIpc) is 2.79. The van der Waals surface area contributed by atoms with Gasteiger partial charge < -0.3 is 4.74 Å². The first kappa shape index (κ1) is 13.5. The lowest BCUT2D eigenvalue weighted by molar-refractivity contribution is 0.320. The SMILES string of the molecule is CCOc1cc(S(=O)(=O)n2ccc(C)n2)ccc1F. The van der Waals surface area contributed by atoms with Crippen LogP contribution in [0.5, 0.6) is 5.75 Å². The molecule has 1 aromatic heterocycles. The standard InChI is InChI=1S/C12H13FN2O3S/c1-3-18-12-8-10(4-5-11(12)13)19(16,17)15-7-6-9(2)14-15/h4-8H,3H2,1-2H3. The Balaban J connectivity index is 2.49. The van der Waals surface area contributed by atoms with Crippen LogP contribution in [0.4, 0.5) is 4.39 Å². The molecule has 0 unspecified atom stereocenters. The zero-order valence-corrected chi connectivity index (χ0v) is 11.3. The second-order valence-corrected chi connectivity index (χ2v) is 5.66. The lowest BCUT2D eigenvalue weighted by atomic mass is 10.3. The third-order valence-electron chi connectivity index (χ3n) is 2.45. The first-order valence-electron chi connectivity index (χ1n) is 5.65. The average molecular weight is 284 g/mol. The number of ether oxygens (including phenoxy) is 1. The first-order valence-corrected chi connectivity index (χ1v) is 7.09. The van der Waals surface area contributed by atoms with E-state index in [0.29, 0.717) is 5.69 Å². The molecule has 0 bridgehead atoms. The number of benzene rings is 1. The summed E-state index contributed by atoms with van der Waals surface area (Å²) in [6.45, 7) is 3.63. The summed E-state index contributed by atoms with van der Waals surface area (Å²) in [6, 6.07) is 4.98. The molecule has 0 aliphatic carbocycles. The van der Waals surface area contributed by atoms with E-state index in [9.17, 15) is 12.8 Å². The van der Waals surface area contributed by atoms with Crippen LogP contribution in [-0.2, 0) is 10.0 Å². The number of rotatable bonds is 4. The molecule has 7 heteroatoms. The molecule has 1 aromatic carbocycles. The molecule has 0 spiro atoms. The molecule has 0 amide bonds. The Morgan fingerprint density at radius 1 is 1.37 bits per heavy atom. The zero-order chi connectivity index (χ0) is 14.0. The Morgan fingerprint density at radius 2 is 2.11 bits per heavy atom. The van der Waals surface area contributed by atoms with Gasteiger partial charge in [0.1, 0.15) is 0 Å². The number of hydrogen-bond donors (Lipinski definition) is 0. The molecule has 102 valence electrons. The van der Waals surface area contributed by atoms with Crippen molar-refractivity contribution < 1.29 is 17.5 Å². The molecule has 0 aliphatic heterocycles. The lowest BCUT2D eigenvalue weighted by Gasteiger charge is -2.08. The quantitative estimate of drug-likeness (QED) is 0.861. The Labute approximate surface area is 110 Å². The second kappa shape index (κ2) is 5.00. The van der Waals surface area contributed by atoms with E-state index in [0.717, 1.165) is 16.2 Å². The van der Waals surface area contributed by atoms with Gasteiger partial charge in [0.25, 0.3) is 10.0 Å². The summed E-state index contributed by atoms with van der Waals surface area (Å²) in [7, 11) is -3.82. The van der Waals surface area contributed by atoms with Gasteiger partial charge >= 0.3 is 0 Å². The van der Waals surface area contributed by atoms with Gasteiger partial charge in [-0.15, -0.1) is 0 Å². The fourth-order valence-electron chi connectivity index (χ4n) is 1.55. The van der Waals surface area contributed by atoms with Gasteiger partial charge in [-0.3, -0.25) is 0 Å². The molecule has 0 fully saturated rings. The van der Waals surface area contributed by atoms with Gasteiger partial charge in [-0.25, -0.2) is 4.39 Å². The summed E-state index contributed by atoms with van der Waals surface area (Å²) < 4.78 is 43.8. The molecule has 19 heavy (non-hydrogen) atoms. The summed E-state index contributed by atoms with van der Waals surface area (Å²) in [6.07, 6.45) is 1.34. The first-order chi connectivity index (χ1) is 8.95. The van der Waals surface area contributed by atoms with Gasteiger partial charge in [0.05, 0.1) is 17.2 Å². The van der Waals surface area contributed by atoms with E-state index in [4.69, 9.17) is 4.74 Å². The van der Waals surface area contributed by atoms with Crippen LogP contribution < -0.4 is 4.74 Å². The molecule has 0 N–H and O–H groups in total. The number of halogens is 1. The molecule has 2 rings (SSSR count). The highest BCUT2D eigenvalue weighted by Crippen LogP contribution is 2.23. The van der Waals surface area contributed by atoms with Crippen LogP contribution >= 0.6 is 0 Å². The van der Waals surface area contributed by atoms with E-state index in [1.54, 1.807) is 19.9 Å². The molecule has 0 radical (unpaired) electrons. The topological polar surface area (TPSA) is 61.2 Å². The largest absolute Gasteiger partial charge is 0.491 e. The predicted molar refractivity (Wildman–Crippen MR) is 67.1 cm³/mol. The van der Waals surface area contributed by atoms with Crippen molar-refractivity contribution in [3.8, 4) is 5.75 Å². The van der Waals surface area contributed by atoms with Crippen LogP contribution in [0.2, 0.25) is 0 Å². The van der Waals surface area contributed by atoms with Crippen LogP contribution in [0.3, 0.4) is 0 Å². The minimum Gasteiger partial charge on any atom is -0.491 e. The Bertz CT molecular complexity index is 695. The van der Waals surface area contributed by atoms with Crippen molar-refractivity contribution in [2.75, 3.05) is 6.61 Å². The third-order valence-corrected chi connectivity index (χ3v) is 3.99. The van der Waals surface area contributed by atoms with E-state index in [1.807, 2.05) is 0 Å². The number of aromatic nitrogens is 2. The monoisotopic (exact) mass is 284 g/mol.